The Morgan fingerprint density at radius 2 is 2.29 bits per heavy atom. The Hall–Kier alpha value is -0.810. The van der Waals surface area contributed by atoms with E-state index in [2.05, 4.69) is 21.0 Å². The lowest BCUT2D eigenvalue weighted by Crippen LogP contribution is -2.18. The summed E-state index contributed by atoms with van der Waals surface area (Å²) in [6.07, 6.45) is 4.47. The van der Waals surface area contributed by atoms with E-state index in [9.17, 15) is 4.79 Å². The minimum Gasteiger partial charge on any atom is -0.277 e. The van der Waals surface area contributed by atoms with Gasteiger partial charge in [-0.1, -0.05) is 22.0 Å². The smallest absolute Gasteiger partial charge is 0.229 e. The average molecular weight is 315 g/mol. The fourth-order valence-electron chi connectivity index (χ4n) is 1.21. The zero-order valence-electron chi connectivity index (χ0n) is 9.89. The van der Waals surface area contributed by atoms with E-state index >= 15 is 0 Å². The molecule has 0 aliphatic heterocycles. The van der Waals surface area contributed by atoms with Crippen LogP contribution in [-0.2, 0) is 4.79 Å². The Kier molecular flexibility index (Phi) is 6.29. The normalized spacial score (nSPS) is 10.8. The number of hydrazone groups is 1. The predicted octanol–water partition coefficient (Wildman–Crippen LogP) is 2.91. The van der Waals surface area contributed by atoms with Crippen molar-refractivity contribution in [3.63, 3.8) is 0 Å². The fourth-order valence-corrected chi connectivity index (χ4v) is 1.96. The molecule has 3 nitrogen and oxygen atoms in total. The van der Waals surface area contributed by atoms with Crippen LogP contribution in [0.5, 0.6) is 0 Å². The minimum atomic E-state index is 0.633. The van der Waals surface area contributed by atoms with E-state index in [1.807, 2.05) is 31.4 Å². The first-order chi connectivity index (χ1) is 8.17. The van der Waals surface area contributed by atoms with Gasteiger partial charge in [-0.05, 0) is 36.4 Å². The van der Waals surface area contributed by atoms with Crippen LogP contribution in [0.2, 0.25) is 0 Å². The molecule has 1 amide bonds. The Morgan fingerprint density at radius 3 is 2.94 bits per heavy atom. The molecule has 0 aliphatic carbocycles. The number of carbonyl (C=O) groups is 1. The number of rotatable bonds is 6. The van der Waals surface area contributed by atoms with E-state index in [1.165, 1.54) is 5.01 Å². The monoisotopic (exact) mass is 314 g/mol. The maximum atomic E-state index is 10.8. The molecule has 1 aromatic rings. The van der Waals surface area contributed by atoms with Crippen LogP contribution in [0.4, 0.5) is 0 Å². The first-order valence-electron chi connectivity index (χ1n) is 5.18. The molecular weight excluding hydrogens is 300 g/mol. The van der Waals surface area contributed by atoms with Gasteiger partial charge in [0.2, 0.25) is 6.41 Å². The van der Waals surface area contributed by atoms with Gasteiger partial charge < -0.3 is 0 Å². The molecule has 0 aromatic heterocycles. The van der Waals surface area contributed by atoms with Crippen molar-refractivity contribution in [1.82, 2.24) is 5.01 Å². The molecule has 0 saturated heterocycles. The molecule has 0 atom stereocenters. The third-order valence-electron chi connectivity index (χ3n) is 2.23. The quantitative estimate of drug-likeness (QED) is 0.459. The SMILES string of the molecule is CSCCN(C=O)/N=C\c1cc(Br)ccc1C. The van der Waals surface area contributed by atoms with Gasteiger partial charge in [0.05, 0.1) is 12.8 Å². The number of aryl methyl sites for hydroxylation is 1. The molecule has 0 aliphatic rings. The van der Waals surface area contributed by atoms with Crippen molar-refractivity contribution in [3.05, 3.63) is 33.8 Å². The highest BCUT2D eigenvalue weighted by Gasteiger charge is 1.99. The largest absolute Gasteiger partial charge is 0.277 e. The standard InChI is InChI=1S/C12H15BrN2OS/c1-10-3-4-12(13)7-11(10)8-14-15(9-16)5-6-17-2/h3-4,7-9H,5-6H2,1-2H3/b14-8-. The number of hydrogen-bond donors (Lipinski definition) is 0. The van der Waals surface area contributed by atoms with Gasteiger partial charge in [-0.3, -0.25) is 4.79 Å². The summed E-state index contributed by atoms with van der Waals surface area (Å²) in [5.74, 6) is 0.882. The lowest BCUT2D eigenvalue weighted by molar-refractivity contribution is -0.117. The third kappa shape index (κ3) is 4.91. The highest BCUT2D eigenvalue weighted by Crippen LogP contribution is 2.14. The molecule has 5 heteroatoms. The molecule has 0 radical (unpaired) electrons. The van der Waals surface area contributed by atoms with Gasteiger partial charge in [-0.25, -0.2) is 5.01 Å². The topological polar surface area (TPSA) is 32.7 Å². The molecule has 0 unspecified atom stereocenters. The number of halogens is 1. The predicted molar refractivity (Wildman–Crippen MR) is 77.6 cm³/mol. The number of carbonyl (C=O) groups excluding carboxylic acids is 1. The van der Waals surface area contributed by atoms with Gasteiger partial charge >= 0.3 is 0 Å². The average Bonchev–Trinajstić information content (AvgIpc) is 2.33. The molecule has 0 spiro atoms. The zero-order chi connectivity index (χ0) is 12.7. The van der Waals surface area contributed by atoms with E-state index in [0.717, 1.165) is 27.8 Å². The second kappa shape index (κ2) is 7.50. The summed E-state index contributed by atoms with van der Waals surface area (Å²) in [5, 5.41) is 5.57. The molecule has 0 N–H and O–H groups in total. The van der Waals surface area contributed by atoms with Crippen molar-refractivity contribution in [2.45, 2.75) is 6.92 Å². The van der Waals surface area contributed by atoms with Crippen molar-refractivity contribution < 1.29 is 4.79 Å². The number of amides is 1. The Morgan fingerprint density at radius 1 is 1.53 bits per heavy atom. The Labute approximate surface area is 114 Å². The summed E-state index contributed by atoms with van der Waals surface area (Å²) in [7, 11) is 0. The summed E-state index contributed by atoms with van der Waals surface area (Å²) in [4.78, 5) is 10.8. The van der Waals surface area contributed by atoms with Crippen LogP contribution in [0.1, 0.15) is 11.1 Å². The summed E-state index contributed by atoms with van der Waals surface area (Å²) in [6, 6.07) is 5.98. The molecule has 1 aromatic carbocycles. The molecule has 17 heavy (non-hydrogen) atoms. The van der Waals surface area contributed by atoms with E-state index in [-0.39, 0.29) is 0 Å². The van der Waals surface area contributed by atoms with Crippen molar-refractivity contribution in [1.29, 1.82) is 0 Å². The second-order valence-electron chi connectivity index (χ2n) is 3.51. The Balaban J connectivity index is 2.73. The van der Waals surface area contributed by atoms with Gasteiger partial charge in [0.15, 0.2) is 0 Å². The van der Waals surface area contributed by atoms with Crippen LogP contribution in [-0.4, -0.2) is 36.2 Å². The first-order valence-corrected chi connectivity index (χ1v) is 7.37. The van der Waals surface area contributed by atoms with Crippen LogP contribution in [0.25, 0.3) is 0 Å². The highest BCUT2D eigenvalue weighted by molar-refractivity contribution is 9.10. The van der Waals surface area contributed by atoms with Gasteiger partial charge in [0.25, 0.3) is 0 Å². The van der Waals surface area contributed by atoms with Crippen molar-refractivity contribution in [2.24, 2.45) is 5.10 Å². The van der Waals surface area contributed by atoms with Gasteiger partial charge in [0, 0.05) is 10.2 Å². The fraction of sp³-hybridized carbons (Fsp3) is 0.333. The van der Waals surface area contributed by atoms with Gasteiger partial charge in [-0.15, -0.1) is 0 Å². The van der Waals surface area contributed by atoms with Gasteiger partial charge in [-0.2, -0.15) is 16.9 Å². The maximum Gasteiger partial charge on any atom is 0.229 e. The van der Waals surface area contributed by atoms with E-state index in [4.69, 9.17) is 0 Å². The first kappa shape index (κ1) is 14.3. The summed E-state index contributed by atoms with van der Waals surface area (Å²) >= 11 is 5.10. The summed E-state index contributed by atoms with van der Waals surface area (Å²) in [5.41, 5.74) is 2.14. The van der Waals surface area contributed by atoms with Crippen LogP contribution in [0.15, 0.2) is 27.8 Å². The maximum absolute atomic E-state index is 10.8. The third-order valence-corrected chi connectivity index (χ3v) is 3.32. The van der Waals surface area contributed by atoms with E-state index in [1.54, 1.807) is 18.0 Å². The van der Waals surface area contributed by atoms with Crippen LogP contribution < -0.4 is 0 Å². The molecule has 1 rings (SSSR count). The zero-order valence-corrected chi connectivity index (χ0v) is 12.3. The number of nitrogens with zero attached hydrogens (tertiary/aromatic N) is 2. The second-order valence-corrected chi connectivity index (χ2v) is 5.41. The molecule has 0 fully saturated rings. The summed E-state index contributed by atoms with van der Waals surface area (Å²) in [6.45, 7) is 2.65. The van der Waals surface area contributed by atoms with Gasteiger partial charge in [0.1, 0.15) is 0 Å². The number of hydrogen-bond acceptors (Lipinski definition) is 3. The van der Waals surface area contributed by atoms with Crippen molar-refractivity contribution in [2.75, 3.05) is 18.6 Å². The van der Waals surface area contributed by atoms with Crippen LogP contribution >= 0.6 is 27.7 Å². The lowest BCUT2D eigenvalue weighted by atomic mass is 10.1. The molecule has 0 bridgehead atoms. The van der Waals surface area contributed by atoms with E-state index in [0.29, 0.717) is 6.54 Å². The van der Waals surface area contributed by atoms with Crippen LogP contribution in [0.3, 0.4) is 0 Å². The molecule has 0 saturated carbocycles. The summed E-state index contributed by atoms with van der Waals surface area (Å²) < 4.78 is 1.01. The van der Waals surface area contributed by atoms with Crippen LogP contribution in [0, 0.1) is 6.92 Å². The molecule has 92 valence electrons. The number of thioether (sulfide) groups is 1. The molecular formula is C12H15BrN2OS. The molecule has 0 heterocycles. The highest BCUT2D eigenvalue weighted by atomic mass is 79.9. The van der Waals surface area contributed by atoms with E-state index < -0.39 is 0 Å². The lowest BCUT2D eigenvalue weighted by Gasteiger charge is -2.09. The Bertz CT molecular complexity index is 409. The number of benzene rings is 1. The minimum absolute atomic E-state index is 0.633. The van der Waals surface area contributed by atoms with Crippen molar-refractivity contribution in [3.8, 4) is 0 Å². The van der Waals surface area contributed by atoms with Crippen molar-refractivity contribution >= 4 is 40.3 Å².